The van der Waals surface area contributed by atoms with Crippen molar-refractivity contribution in [1.82, 2.24) is 0 Å². The SMILES string of the molecule is CNc1ccc(N=Nc2cc(S(=O)(=O)O)c3cccc(S(=O)(=O)O)c3c2)c(C)c1. The van der Waals surface area contributed by atoms with Crippen molar-refractivity contribution in [2.45, 2.75) is 16.7 Å². The van der Waals surface area contributed by atoms with Crippen molar-refractivity contribution in [3.63, 3.8) is 0 Å². The highest BCUT2D eigenvalue weighted by atomic mass is 32.2. The molecule has 0 fully saturated rings. The summed E-state index contributed by atoms with van der Waals surface area (Å²) >= 11 is 0. The van der Waals surface area contributed by atoms with Gasteiger partial charge < -0.3 is 5.32 Å². The molecular formula is C18H17N3O6S2. The second-order valence-corrected chi connectivity index (χ2v) is 8.98. The maximum absolute atomic E-state index is 11.8. The quantitative estimate of drug-likeness (QED) is 0.404. The maximum Gasteiger partial charge on any atom is 0.295 e. The smallest absolute Gasteiger partial charge is 0.295 e. The number of rotatable bonds is 5. The molecule has 0 saturated heterocycles. The number of nitrogens with one attached hydrogen (secondary N) is 1. The van der Waals surface area contributed by atoms with Crippen molar-refractivity contribution < 1.29 is 25.9 Å². The van der Waals surface area contributed by atoms with Gasteiger partial charge >= 0.3 is 0 Å². The third-order valence-electron chi connectivity index (χ3n) is 4.22. The fraction of sp³-hybridized carbons (Fsp3) is 0.111. The third kappa shape index (κ3) is 4.43. The van der Waals surface area contributed by atoms with Crippen LogP contribution in [0.2, 0.25) is 0 Å². The van der Waals surface area contributed by atoms with E-state index in [0.717, 1.165) is 23.4 Å². The minimum atomic E-state index is -4.70. The highest BCUT2D eigenvalue weighted by molar-refractivity contribution is 7.86. The Balaban J connectivity index is 2.23. The van der Waals surface area contributed by atoms with E-state index in [1.54, 1.807) is 19.2 Å². The van der Waals surface area contributed by atoms with Gasteiger partial charge in [0.1, 0.15) is 9.79 Å². The number of nitrogens with zero attached hydrogens (tertiary/aromatic N) is 2. The molecule has 3 rings (SSSR count). The first-order chi connectivity index (χ1) is 13.5. The average molecular weight is 435 g/mol. The van der Waals surface area contributed by atoms with Crippen LogP contribution in [0.15, 0.2) is 68.6 Å². The molecule has 29 heavy (non-hydrogen) atoms. The topological polar surface area (TPSA) is 145 Å². The molecule has 0 saturated carbocycles. The van der Waals surface area contributed by atoms with Gasteiger partial charge in [-0.15, -0.1) is 0 Å². The Labute approximate surface area is 167 Å². The first-order valence-corrected chi connectivity index (χ1v) is 11.1. The van der Waals surface area contributed by atoms with E-state index < -0.39 is 30.0 Å². The number of benzene rings is 3. The zero-order valence-corrected chi connectivity index (χ0v) is 17.0. The van der Waals surface area contributed by atoms with Gasteiger partial charge in [0.15, 0.2) is 0 Å². The van der Waals surface area contributed by atoms with Gasteiger partial charge in [-0.3, -0.25) is 9.11 Å². The van der Waals surface area contributed by atoms with E-state index in [0.29, 0.717) is 5.69 Å². The Bertz CT molecular complexity index is 1350. The van der Waals surface area contributed by atoms with E-state index in [4.69, 9.17) is 0 Å². The fourth-order valence-electron chi connectivity index (χ4n) is 2.84. The summed E-state index contributed by atoms with van der Waals surface area (Å²) in [5.74, 6) is 0. The molecule has 0 aliphatic carbocycles. The van der Waals surface area contributed by atoms with E-state index in [1.807, 2.05) is 13.0 Å². The van der Waals surface area contributed by atoms with Crippen molar-refractivity contribution in [2.24, 2.45) is 10.2 Å². The summed E-state index contributed by atoms with van der Waals surface area (Å²) in [5, 5.41) is 10.9. The summed E-state index contributed by atoms with van der Waals surface area (Å²) in [7, 11) is -7.57. The van der Waals surface area contributed by atoms with E-state index in [-0.39, 0.29) is 16.5 Å². The molecule has 3 aromatic rings. The van der Waals surface area contributed by atoms with E-state index in [9.17, 15) is 25.9 Å². The minimum absolute atomic E-state index is 0.0154. The Morgan fingerprint density at radius 1 is 0.828 bits per heavy atom. The summed E-state index contributed by atoms with van der Waals surface area (Å²) < 4.78 is 66.1. The van der Waals surface area contributed by atoms with E-state index in [2.05, 4.69) is 15.5 Å². The van der Waals surface area contributed by atoms with Gasteiger partial charge in [0, 0.05) is 23.5 Å². The molecule has 0 amide bonds. The molecule has 0 unspecified atom stereocenters. The average Bonchev–Trinajstić information content (AvgIpc) is 2.64. The molecule has 11 heteroatoms. The van der Waals surface area contributed by atoms with Crippen LogP contribution in [0.4, 0.5) is 17.1 Å². The second kappa shape index (κ2) is 7.52. The number of fused-ring (bicyclic) bond motifs is 1. The number of hydrogen-bond donors (Lipinski definition) is 3. The molecule has 0 spiro atoms. The van der Waals surface area contributed by atoms with Crippen molar-refractivity contribution in [3.05, 3.63) is 54.1 Å². The monoisotopic (exact) mass is 435 g/mol. The Kier molecular flexibility index (Phi) is 5.41. The summed E-state index contributed by atoms with van der Waals surface area (Å²) in [5.41, 5.74) is 2.17. The van der Waals surface area contributed by atoms with Gasteiger partial charge in [0.25, 0.3) is 20.2 Å². The van der Waals surface area contributed by atoms with Gasteiger partial charge in [-0.2, -0.15) is 27.1 Å². The lowest BCUT2D eigenvalue weighted by Crippen LogP contribution is -2.03. The van der Waals surface area contributed by atoms with Crippen LogP contribution in [0.5, 0.6) is 0 Å². The number of anilines is 1. The third-order valence-corrected chi connectivity index (χ3v) is 6.02. The summed E-state index contributed by atoms with van der Waals surface area (Å²) in [6.45, 7) is 1.82. The van der Waals surface area contributed by atoms with E-state index in [1.165, 1.54) is 18.2 Å². The van der Waals surface area contributed by atoms with Crippen molar-refractivity contribution >= 4 is 48.1 Å². The summed E-state index contributed by atoms with van der Waals surface area (Å²) in [6.07, 6.45) is 0. The predicted octanol–water partition coefficient (Wildman–Crippen LogP) is 4.10. The molecule has 0 radical (unpaired) electrons. The Morgan fingerprint density at radius 2 is 1.52 bits per heavy atom. The van der Waals surface area contributed by atoms with Crippen molar-refractivity contribution in [2.75, 3.05) is 12.4 Å². The number of hydrogen-bond acceptors (Lipinski definition) is 7. The van der Waals surface area contributed by atoms with E-state index >= 15 is 0 Å². The van der Waals surface area contributed by atoms with Gasteiger partial charge in [-0.05, 0) is 48.9 Å². The zero-order valence-electron chi connectivity index (χ0n) is 15.4. The molecule has 0 aliphatic heterocycles. The van der Waals surface area contributed by atoms with Gasteiger partial charge in [0.2, 0.25) is 0 Å². The molecule has 0 atom stereocenters. The van der Waals surface area contributed by atoms with Crippen LogP contribution in [0.1, 0.15) is 5.56 Å². The molecule has 3 N–H and O–H groups in total. The largest absolute Gasteiger partial charge is 0.388 e. The van der Waals surface area contributed by atoms with Crippen LogP contribution >= 0.6 is 0 Å². The first kappa shape index (κ1) is 20.9. The van der Waals surface area contributed by atoms with Crippen LogP contribution in [-0.2, 0) is 20.2 Å². The minimum Gasteiger partial charge on any atom is -0.388 e. The molecule has 0 aromatic heterocycles. The van der Waals surface area contributed by atoms with Crippen molar-refractivity contribution in [1.29, 1.82) is 0 Å². The molecule has 3 aromatic carbocycles. The predicted molar refractivity (Wildman–Crippen MR) is 108 cm³/mol. The normalized spacial score (nSPS) is 12.6. The fourth-order valence-corrected chi connectivity index (χ4v) is 4.26. The van der Waals surface area contributed by atoms with Crippen LogP contribution in [0, 0.1) is 6.92 Å². The highest BCUT2D eigenvalue weighted by Gasteiger charge is 2.21. The molecule has 0 heterocycles. The molecule has 0 aliphatic rings. The molecule has 9 nitrogen and oxygen atoms in total. The van der Waals surface area contributed by atoms with Crippen LogP contribution < -0.4 is 5.32 Å². The van der Waals surface area contributed by atoms with Gasteiger partial charge in [0.05, 0.1) is 11.4 Å². The van der Waals surface area contributed by atoms with Crippen LogP contribution in [0.3, 0.4) is 0 Å². The number of azo groups is 1. The second-order valence-electron chi connectivity index (χ2n) is 6.20. The van der Waals surface area contributed by atoms with Crippen LogP contribution in [-0.4, -0.2) is 33.0 Å². The Hall–Kier alpha value is -2.86. The lowest BCUT2D eigenvalue weighted by atomic mass is 10.1. The number of aryl methyl sites for hydroxylation is 1. The molecule has 152 valence electrons. The first-order valence-electron chi connectivity index (χ1n) is 8.22. The Morgan fingerprint density at radius 3 is 2.10 bits per heavy atom. The molecular weight excluding hydrogens is 418 g/mol. The maximum atomic E-state index is 11.8. The summed E-state index contributed by atoms with van der Waals surface area (Å²) in [4.78, 5) is -1.05. The standard InChI is InChI=1S/C18H17N3O6S2/c1-11-8-12(19-2)6-7-16(11)21-20-13-9-15-14(18(10-13)29(25,26)27)4-3-5-17(15)28(22,23)24/h3-10,19H,1-2H3,(H,22,23,24)(H,25,26,27). The lowest BCUT2D eigenvalue weighted by molar-refractivity contribution is 0.481. The summed E-state index contributed by atoms with van der Waals surface area (Å²) in [6, 6.07) is 11.4. The van der Waals surface area contributed by atoms with Crippen molar-refractivity contribution in [3.8, 4) is 0 Å². The highest BCUT2D eigenvalue weighted by Crippen LogP contribution is 2.34. The van der Waals surface area contributed by atoms with Gasteiger partial charge in [-0.25, -0.2) is 0 Å². The molecule has 0 bridgehead atoms. The lowest BCUT2D eigenvalue weighted by Gasteiger charge is -2.09. The van der Waals surface area contributed by atoms with Crippen LogP contribution in [0.25, 0.3) is 10.8 Å². The van der Waals surface area contributed by atoms with Gasteiger partial charge in [-0.1, -0.05) is 12.1 Å². The zero-order chi connectivity index (χ0) is 21.4.